The predicted octanol–water partition coefficient (Wildman–Crippen LogP) is 2.45. The van der Waals surface area contributed by atoms with Gasteiger partial charge in [-0.1, -0.05) is 17.7 Å². The number of benzene rings is 1. The van der Waals surface area contributed by atoms with Crippen molar-refractivity contribution in [3.8, 4) is 0 Å². The molecular formula is C14H15ClN4O2S. The lowest BCUT2D eigenvalue weighted by molar-refractivity contribution is -0.119. The van der Waals surface area contributed by atoms with Crippen LogP contribution in [-0.4, -0.2) is 22.8 Å². The molecule has 0 bridgehead atoms. The molecular weight excluding hydrogens is 324 g/mol. The molecule has 2 rings (SSSR count). The van der Waals surface area contributed by atoms with Crippen molar-refractivity contribution in [2.75, 3.05) is 5.32 Å². The molecule has 4 N–H and O–H groups in total. The standard InChI is InChI=1S/C14H15ClN4O2S/c1-7-3-4-9(15)5-10(7)18-14-19-11(6-22-14)13(21)17-8(2)12(16)20/h3-6,8H,1-2H3,(H2,16,20)(H,17,21)(H,18,19)/t8-/m0/s1. The maximum Gasteiger partial charge on any atom is 0.271 e. The van der Waals surface area contributed by atoms with E-state index in [9.17, 15) is 9.59 Å². The Bertz CT molecular complexity index is 717. The number of carbonyl (C=O) groups is 2. The zero-order chi connectivity index (χ0) is 16.3. The van der Waals surface area contributed by atoms with Gasteiger partial charge >= 0.3 is 0 Å². The number of rotatable bonds is 5. The largest absolute Gasteiger partial charge is 0.368 e. The van der Waals surface area contributed by atoms with Crippen LogP contribution >= 0.6 is 22.9 Å². The Hall–Kier alpha value is -2.12. The van der Waals surface area contributed by atoms with Gasteiger partial charge in [0.05, 0.1) is 0 Å². The maximum atomic E-state index is 11.9. The molecule has 2 aromatic rings. The van der Waals surface area contributed by atoms with Crippen molar-refractivity contribution < 1.29 is 9.59 Å². The molecule has 0 aliphatic rings. The molecule has 0 aliphatic heterocycles. The summed E-state index contributed by atoms with van der Waals surface area (Å²) < 4.78 is 0. The van der Waals surface area contributed by atoms with E-state index in [0.717, 1.165) is 11.3 Å². The second-order valence-corrected chi connectivity index (χ2v) is 6.01. The highest BCUT2D eigenvalue weighted by Gasteiger charge is 2.16. The number of primary amides is 1. The molecule has 0 radical (unpaired) electrons. The van der Waals surface area contributed by atoms with Crippen LogP contribution in [0.5, 0.6) is 0 Å². The lowest BCUT2D eigenvalue weighted by Crippen LogP contribution is -2.42. The molecule has 0 fully saturated rings. The van der Waals surface area contributed by atoms with Crippen molar-refractivity contribution >= 4 is 45.6 Å². The Morgan fingerprint density at radius 2 is 2.14 bits per heavy atom. The fourth-order valence-corrected chi connectivity index (χ4v) is 2.50. The van der Waals surface area contributed by atoms with Crippen LogP contribution in [0.1, 0.15) is 23.0 Å². The van der Waals surface area contributed by atoms with Gasteiger partial charge in [-0.05, 0) is 31.5 Å². The number of nitrogens with zero attached hydrogens (tertiary/aromatic N) is 1. The predicted molar refractivity (Wildman–Crippen MR) is 87.7 cm³/mol. The van der Waals surface area contributed by atoms with Crippen molar-refractivity contribution in [3.05, 3.63) is 39.9 Å². The molecule has 2 amide bonds. The van der Waals surface area contributed by atoms with E-state index in [1.54, 1.807) is 17.5 Å². The van der Waals surface area contributed by atoms with Crippen LogP contribution in [0.4, 0.5) is 10.8 Å². The summed E-state index contributed by atoms with van der Waals surface area (Å²) in [5.74, 6) is -1.05. The normalized spacial score (nSPS) is 11.8. The molecule has 0 unspecified atom stereocenters. The number of anilines is 2. The summed E-state index contributed by atoms with van der Waals surface area (Å²) >= 11 is 7.24. The highest BCUT2D eigenvalue weighted by atomic mass is 35.5. The molecule has 1 atom stereocenters. The van der Waals surface area contributed by atoms with Crippen molar-refractivity contribution in [1.29, 1.82) is 0 Å². The SMILES string of the molecule is Cc1ccc(Cl)cc1Nc1nc(C(=O)N[C@@H](C)C(N)=O)cs1. The van der Waals surface area contributed by atoms with E-state index in [4.69, 9.17) is 17.3 Å². The van der Waals surface area contributed by atoms with Gasteiger partial charge in [-0.3, -0.25) is 9.59 Å². The van der Waals surface area contributed by atoms with E-state index in [0.29, 0.717) is 10.2 Å². The number of amides is 2. The van der Waals surface area contributed by atoms with Gasteiger partial charge in [0.15, 0.2) is 5.13 Å². The zero-order valence-corrected chi connectivity index (χ0v) is 13.6. The number of carbonyl (C=O) groups excluding carboxylic acids is 2. The summed E-state index contributed by atoms with van der Waals surface area (Å²) in [6.45, 7) is 3.45. The molecule has 0 saturated carbocycles. The third-order valence-electron chi connectivity index (χ3n) is 2.95. The lowest BCUT2D eigenvalue weighted by Gasteiger charge is -2.08. The van der Waals surface area contributed by atoms with Crippen LogP contribution < -0.4 is 16.4 Å². The first-order valence-electron chi connectivity index (χ1n) is 6.45. The van der Waals surface area contributed by atoms with E-state index in [2.05, 4.69) is 15.6 Å². The number of hydrogen-bond acceptors (Lipinski definition) is 5. The van der Waals surface area contributed by atoms with E-state index in [1.807, 2.05) is 13.0 Å². The quantitative estimate of drug-likeness (QED) is 0.780. The average Bonchev–Trinajstić information content (AvgIpc) is 2.91. The first-order valence-corrected chi connectivity index (χ1v) is 7.71. The maximum absolute atomic E-state index is 11.9. The van der Waals surface area contributed by atoms with Gasteiger partial charge in [-0.25, -0.2) is 4.98 Å². The lowest BCUT2D eigenvalue weighted by atomic mass is 10.2. The minimum absolute atomic E-state index is 0.222. The Balaban J connectivity index is 2.10. The number of hydrogen-bond donors (Lipinski definition) is 3. The fraction of sp³-hybridized carbons (Fsp3) is 0.214. The number of nitrogens with one attached hydrogen (secondary N) is 2. The molecule has 8 heteroatoms. The molecule has 1 heterocycles. The molecule has 116 valence electrons. The van der Waals surface area contributed by atoms with E-state index >= 15 is 0 Å². The van der Waals surface area contributed by atoms with Crippen LogP contribution in [0.15, 0.2) is 23.6 Å². The number of aromatic nitrogens is 1. The minimum Gasteiger partial charge on any atom is -0.368 e. The molecule has 22 heavy (non-hydrogen) atoms. The van der Waals surface area contributed by atoms with Crippen LogP contribution in [0.2, 0.25) is 5.02 Å². The number of aryl methyl sites for hydroxylation is 1. The number of thiazole rings is 1. The van der Waals surface area contributed by atoms with Gasteiger partial charge in [0.2, 0.25) is 5.91 Å². The van der Waals surface area contributed by atoms with Gasteiger partial charge in [-0.2, -0.15) is 0 Å². The van der Waals surface area contributed by atoms with Crippen molar-refractivity contribution in [2.24, 2.45) is 5.73 Å². The van der Waals surface area contributed by atoms with Crippen LogP contribution in [-0.2, 0) is 4.79 Å². The summed E-state index contributed by atoms with van der Waals surface area (Å²) in [6, 6.07) is 4.72. The third kappa shape index (κ3) is 3.96. The number of halogens is 1. The van der Waals surface area contributed by atoms with Gasteiger partial charge in [0, 0.05) is 16.1 Å². The Morgan fingerprint density at radius 3 is 2.82 bits per heavy atom. The summed E-state index contributed by atoms with van der Waals surface area (Å²) in [5, 5.41) is 8.36. The van der Waals surface area contributed by atoms with Crippen molar-refractivity contribution in [3.63, 3.8) is 0 Å². The summed E-state index contributed by atoms with van der Waals surface area (Å²) in [4.78, 5) is 27.1. The molecule has 1 aromatic heterocycles. The second kappa shape index (κ2) is 6.76. The zero-order valence-electron chi connectivity index (χ0n) is 12.0. The second-order valence-electron chi connectivity index (χ2n) is 4.72. The highest BCUT2D eigenvalue weighted by molar-refractivity contribution is 7.14. The fourth-order valence-electron chi connectivity index (χ4n) is 1.62. The molecule has 1 aromatic carbocycles. The summed E-state index contributed by atoms with van der Waals surface area (Å²) in [6.07, 6.45) is 0. The van der Waals surface area contributed by atoms with Crippen molar-refractivity contribution in [2.45, 2.75) is 19.9 Å². The molecule has 6 nitrogen and oxygen atoms in total. The van der Waals surface area contributed by atoms with Crippen LogP contribution in [0.3, 0.4) is 0 Å². The van der Waals surface area contributed by atoms with Gasteiger partial charge < -0.3 is 16.4 Å². The van der Waals surface area contributed by atoms with Gasteiger partial charge in [0.25, 0.3) is 5.91 Å². The summed E-state index contributed by atoms with van der Waals surface area (Å²) in [5.41, 5.74) is 7.15. The highest BCUT2D eigenvalue weighted by Crippen LogP contribution is 2.26. The average molecular weight is 339 g/mol. The first kappa shape index (κ1) is 16.3. The van der Waals surface area contributed by atoms with Gasteiger partial charge in [-0.15, -0.1) is 11.3 Å². The Kier molecular flexibility index (Phi) is 4.99. The van der Waals surface area contributed by atoms with E-state index in [-0.39, 0.29) is 5.69 Å². The molecule has 0 spiro atoms. The van der Waals surface area contributed by atoms with E-state index in [1.165, 1.54) is 18.3 Å². The topological polar surface area (TPSA) is 97.1 Å². The molecule has 0 aliphatic carbocycles. The van der Waals surface area contributed by atoms with Crippen molar-refractivity contribution in [1.82, 2.24) is 10.3 Å². The van der Waals surface area contributed by atoms with Crippen LogP contribution in [0, 0.1) is 6.92 Å². The van der Waals surface area contributed by atoms with Crippen LogP contribution in [0.25, 0.3) is 0 Å². The summed E-state index contributed by atoms with van der Waals surface area (Å²) in [7, 11) is 0. The number of nitrogens with two attached hydrogens (primary N) is 1. The first-order chi connectivity index (χ1) is 10.4. The van der Waals surface area contributed by atoms with Gasteiger partial charge in [0.1, 0.15) is 11.7 Å². The Labute approximate surface area is 136 Å². The third-order valence-corrected chi connectivity index (χ3v) is 3.95. The smallest absolute Gasteiger partial charge is 0.271 e. The minimum atomic E-state index is -0.749. The van der Waals surface area contributed by atoms with E-state index < -0.39 is 17.9 Å². The molecule has 0 saturated heterocycles. The monoisotopic (exact) mass is 338 g/mol. The Morgan fingerprint density at radius 1 is 1.41 bits per heavy atom.